The van der Waals surface area contributed by atoms with Crippen LogP contribution < -0.4 is 4.90 Å². The van der Waals surface area contributed by atoms with Crippen molar-refractivity contribution in [3.05, 3.63) is 36.4 Å². The van der Waals surface area contributed by atoms with Crippen molar-refractivity contribution in [2.24, 2.45) is 0 Å². The number of rotatable bonds is 4. The Kier molecular flexibility index (Phi) is 4.92. The second kappa shape index (κ2) is 6.86. The van der Waals surface area contributed by atoms with Gasteiger partial charge in [-0.2, -0.15) is 4.31 Å². The number of aliphatic hydroxyl groups excluding tert-OH is 1. The Hall–Kier alpha value is -2.16. The van der Waals surface area contributed by atoms with Crippen LogP contribution in [0, 0.1) is 0 Å². The number of carboxylic acids is 1. The Morgan fingerprint density at radius 1 is 1.15 bits per heavy atom. The zero-order valence-electron chi connectivity index (χ0n) is 14.7. The highest BCUT2D eigenvalue weighted by molar-refractivity contribution is 7.89. The van der Waals surface area contributed by atoms with Crippen molar-refractivity contribution in [2.75, 3.05) is 25.5 Å². The molecule has 1 aliphatic heterocycles. The number of aliphatic hydroxyl groups is 1. The lowest BCUT2D eigenvalue weighted by Crippen LogP contribution is -2.54. The topological polar surface area (TPSA) is 98.2 Å². The van der Waals surface area contributed by atoms with Gasteiger partial charge < -0.3 is 15.1 Å². The van der Waals surface area contributed by atoms with Gasteiger partial charge in [0.1, 0.15) is 6.04 Å². The number of hydrogen-bond acceptors (Lipinski definition) is 5. The van der Waals surface area contributed by atoms with Gasteiger partial charge in [-0.1, -0.05) is 24.3 Å². The molecule has 2 aromatic carbocycles. The monoisotopic (exact) mass is 378 g/mol. The normalized spacial score (nSPS) is 21.7. The highest BCUT2D eigenvalue weighted by atomic mass is 32.2. The molecule has 3 rings (SSSR count). The van der Waals surface area contributed by atoms with Crippen LogP contribution in [0.1, 0.15) is 12.8 Å². The summed E-state index contributed by atoms with van der Waals surface area (Å²) in [6.45, 7) is 0.0696. The minimum Gasteiger partial charge on any atom is -0.480 e. The van der Waals surface area contributed by atoms with Crippen LogP contribution in [0.15, 0.2) is 41.3 Å². The van der Waals surface area contributed by atoms with E-state index < -0.39 is 28.1 Å². The summed E-state index contributed by atoms with van der Waals surface area (Å²) in [6.07, 6.45) is -0.537. The molecule has 26 heavy (non-hydrogen) atoms. The predicted molar refractivity (Wildman–Crippen MR) is 98.8 cm³/mol. The predicted octanol–water partition coefficient (Wildman–Crippen LogP) is 1.50. The summed E-state index contributed by atoms with van der Waals surface area (Å²) in [5.74, 6) is -1.34. The molecular weight excluding hydrogens is 356 g/mol. The van der Waals surface area contributed by atoms with Crippen LogP contribution in [-0.2, 0) is 14.8 Å². The third-order valence-corrected chi connectivity index (χ3v) is 6.67. The van der Waals surface area contributed by atoms with Crippen molar-refractivity contribution >= 4 is 32.5 Å². The molecule has 0 aromatic heterocycles. The highest BCUT2D eigenvalue weighted by Crippen LogP contribution is 2.33. The Morgan fingerprint density at radius 2 is 1.81 bits per heavy atom. The van der Waals surface area contributed by atoms with Gasteiger partial charge in [-0.05, 0) is 25.0 Å². The number of anilines is 1. The van der Waals surface area contributed by atoms with E-state index in [2.05, 4.69) is 0 Å². The Balaban J connectivity index is 2.19. The summed E-state index contributed by atoms with van der Waals surface area (Å²) in [6, 6.07) is 8.88. The van der Waals surface area contributed by atoms with Gasteiger partial charge in [0.25, 0.3) is 0 Å². The number of nitrogens with zero attached hydrogens (tertiary/aromatic N) is 2. The van der Waals surface area contributed by atoms with Crippen LogP contribution in [0.5, 0.6) is 0 Å². The van der Waals surface area contributed by atoms with Crippen molar-refractivity contribution in [3.63, 3.8) is 0 Å². The fourth-order valence-corrected chi connectivity index (χ4v) is 5.37. The third kappa shape index (κ3) is 3.04. The molecule has 1 aliphatic rings. The average molecular weight is 378 g/mol. The number of fused-ring (bicyclic) bond motifs is 1. The molecule has 1 saturated heterocycles. The molecule has 2 atom stereocenters. The quantitative estimate of drug-likeness (QED) is 0.837. The number of carbonyl (C=O) groups is 1. The summed E-state index contributed by atoms with van der Waals surface area (Å²) < 4.78 is 27.5. The Labute approximate surface area is 152 Å². The number of carboxylic acid groups (broad SMARTS) is 1. The van der Waals surface area contributed by atoms with Crippen molar-refractivity contribution < 1.29 is 23.4 Å². The van der Waals surface area contributed by atoms with Crippen molar-refractivity contribution in [3.8, 4) is 0 Å². The largest absolute Gasteiger partial charge is 0.480 e. The molecule has 7 nitrogen and oxygen atoms in total. The number of benzene rings is 2. The molecule has 0 radical (unpaired) electrons. The number of sulfonamides is 1. The van der Waals surface area contributed by atoms with E-state index in [1.54, 1.807) is 18.2 Å². The van der Waals surface area contributed by atoms with Crippen molar-refractivity contribution in [1.82, 2.24) is 4.31 Å². The fraction of sp³-hybridized carbons (Fsp3) is 0.389. The standard InChI is InChI=1S/C18H22N2O5S/c1-19(2)14-8-3-7-13-12(14)6-4-10-16(13)26(24,25)20-11-5-9-15(21)17(20)18(22)23/h3-4,6-8,10,15,17,21H,5,9,11H2,1-2H3,(H,22,23)/t15-,17-/m0/s1. The first-order valence-electron chi connectivity index (χ1n) is 8.37. The number of hydrogen-bond donors (Lipinski definition) is 2. The van der Waals surface area contributed by atoms with Gasteiger partial charge in [-0.25, -0.2) is 8.42 Å². The number of aliphatic carboxylic acids is 1. The van der Waals surface area contributed by atoms with Gasteiger partial charge in [-0.15, -0.1) is 0 Å². The minimum absolute atomic E-state index is 0.0547. The van der Waals surface area contributed by atoms with E-state index in [4.69, 9.17) is 0 Å². The van der Waals surface area contributed by atoms with Crippen LogP contribution in [0.2, 0.25) is 0 Å². The van der Waals surface area contributed by atoms with E-state index in [0.717, 1.165) is 15.4 Å². The molecule has 1 heterocycles. The van der Waals surface area contributed by atoms with Gasteiger partial charge in [0.15, 0.2) is 0 Å². The maximum absolute atomic E-state index is 13.3. The first kappa shape index (κ1) is 18.6. The second-order valence-corrected chi connectivity index (χ2v) is 8.49. The van der Waals surface area contributed by atoms with Crippen LogP contribution in [-0.4, -0.2) is 61.7 Å². The van der Waals surface area contributed by atoms with E-state index >= 15 is 0 Å². The second-order valence-electron chi connectivity index (χ2n) is 6.63. The SMILES string of the molecule is CN(C)c1cccc2c(S(=O)(=O)N3CCC[C@H](O)[C@H]3C(=O)O)cccc12. The highest BCUT2D eigenvalue weighted by Gasteiger charge is 2.43. The summed E-state index contributed by atoms with van der Waals surface area (Å²) in [5, 5.41) is 20.8. The van der Waals surface area contributed by atoms with Crippen molar-refractivity contribution in [2.45, 2.75) is 29.9 Å². The molecule has 0 spiro atoms. The third-order valence-electron chi connectivity index (χ3n) is 4.73. The van der Waals surface area contributed by atoms with Crippen LogP contribution in [0.3, 0.4) is 0 Å². The van der Waals surface area contributed by atoms with Gasteiger partial charge in [0.2, 0.25) is 10.0 Å². The molecule has 0 unspecified atom stereocenters. The van der Waals surface area contributed by atoms with E-state index in [9.17, 15) is 23.4 Å². The van der Waals surface area contributed by atoms with E-state index in [1.807, 2.05) is 31.1 Å². The molecule has 140 valence electrons. The summed E-state index contributed by atoms with van der Waals surface area (Å²) >= 11 is 0. The molecule has 0 saturated carbocycles. The van der Waals surface area contributed by atoms with Crippen LogP contribution >= 0.6 is 0 Å². The lowest BCUT2D eigenvalue weighted by molar-refractivity contribution is -0.146. The first-order valence-corrected chi connectivity index (χ1v) is 9.81. The number of piperidine rings is 1. The zero-order valence-corrected chi connectivity index (χ0v) is 15.5. The summed E-state index contributed by atoms with van der Waals surface area (Å²) in [7, 11) is -0.339. The molecule has 0 bridgehead atoms. The lowest BCUT2D eigenvalue weighted by Gasteiger charge is -2.35. The summed E-state index contributed by atoms with van der Waals surface area (Å²) in [5.41, 5.74) is 0.869. The molecule has 2 aromatic rings. The molecule has 0 amide bonds. The smallest absolute Gasteiger partial charge is 0.324 e. The zero-order chi connectivity index (χ0) is 19.1. The Bertz CT molecular complexity index is 942. The first-order chi connectivity index (χ1) is 12.2. The summed E-state index contributed by atoms with van der Waals surface area (Å²) in [4.78, 5) is 13.5. The molecule has 0 aliphatic carbocycles. The van der Waals surface area contributed by atoms with Gasteiger partial charge in [0, 0.05) is 37.1 Å². The minimum atomic E-state index is -4.08. The molecule has 2 N–H and O–H groups in total. The average Bonchev–Trinajstić information content (AvgIpc) is 2.59. The van der Waals surface area contributed by atoms with Crippen LogP contribution in [0.4, 0.5) is 5.69 Å². The molecule has 8 heteroatoms. The Morgan fingerprint density at radius 3 is 2.46 bits per heavy atom. The van der Waals surface area contributed by atoms with Gasteiger partial charge in [0.05, 0.1) is 11.0 Å². The maximum Gasteiger partial charge on any atom is 0.324 e. The molecular formula is C18H22N2O5S. The fourth-order valence-electron chi connectivity index (χ4n) is 3.51. The van der Waals surface area contributed by atoms with E-state index in [0.29, 0.717) is 11.8 Å². The van der Waals surface area contributed by atoms with Crippen LogP contribution in [0.25, 0.3) is 10.8 Å². The van der Waals surface area contributed by atoms with E-state index in [1.165, 1.54) is 6.07 Å². The van der Waals surface area contributed by atoms with Gasteiger partial charge >= 0.3 is 5.97 Å². The molecule has 1 fully saturated rings. The van der Waals surface area contributed by atoms with Crippen molar-refractivity contribution in [1.29, 1.82) is 0 Å². The van der Waals surface area contributed by atoms with Gasteiger partial charge in [-0.3, -0.25) is 4.79 Å². The van der Waals surface area contributed by atoms with E-state index in [-0.39, 0.29) is 17.9 Å². The maximum atomic E-state index is 13.3. The lowest BCUT2D eigenvalue weighted by atomic mass is 10.0.